The molecule has 162 valence electrons. The van der Waals surface area contributed by atoms with E-state index >= 15 is 0 Å². The van der Waals surface area contributed by atoms with E-state index in [4.69, 9.17) is 0 Å². The number of aryl methyl sites for hydroxylation is 2. The maximum absolute atomic E-state index is 12.8. The number of rotatable bonds is 7. The Morgan fingerprint density at radius 2 is 1.83 bits per heavy atom. The Morgan fingerprint density at radius 1 is 1.13 bits per heavy atom. The van der Waals surface area contributed by atoms with Gasteiger partial charge in [0.05, 0.1) is 12.2 Å². The molecule has 0 atom stereocenters. The SMILES string of the molecule is CCC(CC)C(=O)N1CCC(NC(=O)c2cccc(Cn3nc(C)cc3C)c2)CC1. The van der Waals surface area contributed by atoms with Crippen LogP contribution in [-0.4, -0.2) is 45.6 Å². The highest BCUT2D eigenvalue weighted by Gasteiger charge is 2.27. The minimum Gasteiger partial charge on any atom is -0.349 e. The molecule has 1 aromatic heterocycles. The molecule has 2 aromatic rings. The first-order valence-electron chi connectivity index (χ1n) is 11.1. The first-order chi connectivity index (χ1) is 14.4. The van der Waals surface area contributed by atoms with Gasteiger partial charge in [0.15, 0.2) is 0 Å². The Hall–Kier alpha value is -2.63. The summed E-state index contributed by atoms with van der Waals surface area (Å²) < 4.78 is 1.96. The van der Waals surface area contributed by atoms with Gasteiger partial charge in [0.1, 0.15) is 0 Å². The van der Waals surface area contributed by atoms with E-state index < -0.39 is 0 Å². The van der Waals surface area contributed by atoms with Gasteiger partial charge in [0.25, 0.3) is 5.91 Å². The number of likely N-dealkylation sites (tertiary alicyclic amines) is 1. The largest absolute Gasteiger partial charge is 0.349 e. The third kappa shape index (κ3) is 5.29. The minimum atomic E-state index is -0.0463. The topological polar surface area (TPSA) is 67.2 Å². The van der Waals surface area contributed by atoms with Crippen molar-refractivity contribution >= 4 is 11.8 Å². The van der Waals surface area contributed by atoms with E-state index in [0.29, 0.717) is 12.1 Å². The third-order valence-corrected chi connectivity index (χ3v) is 6.10. The van der Waals surface area contributed by atoms with E-state index in [-0.39, 0.29) is 23.8 Å². The Balaban J connectivity index is 1.55. The highest BCUT2D eigenvalue weighted by Crippen LogP contribution is 2.18. The number of aromatic nitrogens is 2. The molecule has 1 aromatic carbocycles. The van der Waals surface area contributed by atoms with Crippen molar-refractivity contribution < 1.29 is 9.59 Å². The molecule has 1 saturated heterocycles. The number of hydrogen-bond acceptors (Lipinski definition) is 3. The molecule has 0 radical (unpaired) electrons. The smallest absolute Gasteiger partial charge is 0.251 e. The van der Waals surface area contributed by atoms with Gasteiger partial charge in [-0.2, -0.15) is 5.10 Å². The number of nitrogens with one attached hydrogen (secondary N) is 1. The second-order valence-corrected chi connectivity index (χ2v) is 8.37. The monoisotopic (exact) mass is 410 g/mol. The zero-order valence-corrected chi connectivity index (χ0v) is 18.6. The molecular weight excluding hydrogens is 376 g/mol. The van der Waals surface area contributed by atoms with Crippen molar-refractivity contribution in [1.29, 1.82) is 0 Å². The highest BCUT2D eigenvalue weighted by molar-refractivity contribution is 5.94. The van der Waals surface area contributed by atoms with Crippen molar-refractivity contribution in [3.63, 3.8) is 0 Å². The summed E-state index contributed by atoms with van der Waals surface area (Å²) in [4.78, 5) is 27.3. The Kier molecular flexibility index (Phi) is 7.29. The van der Waals surface area contributed by atoms with Gasteiger partial charge in [0, 0.05) is 36.3 Å². The normalized spacial score (nSPS) is 14.9. The van der Waals surface area contributed by atoms with Gasteiger partial charge in [-0.1, -0.05) is 26.0 Å². The fourth-order valence-corrected chi connectivity index (χ4v) is 4.23. The Bertz CT molecular complexity index is 877. The molecule has 1 aliphatic rings. The van der Waals surface area contributed by atoms with E-state index in [1.54, 1.807) is 0 Å². The molecule has 0 bridgehead atoms. The molecule has 3 rings (SSSR count). The summed E-state index contributed by atoms with van der Waals surface area (Å²) in [5.41, 5.74) is 3.83. The van der Waals surface area contributed by atoms with Crippen molar-refractivity contribution in [2.24, 2.45) is 5.92 Å². The van der Waals surface area contributed by atoms with Gasteiger partial charge < -0.3 is 10.2 Å². The summed E-state index contributed by atoms with van der Waals surface area (Å²) in [5, 5.41) is 7.66. The van der Waals surface area contributed by atoms with Crippen LogP contribution in [0.15, 0.2) is 30.3 Å². The molecule has 1 fully saturated rings. The maximum atomic E-state index is 12.8. The van der Waals surface area contributed by atoms with Gasteiger partial charge in [-0.25, -0.2) is 0 Å². The van der Waals surface area contributed by atoms with E-state index in [9.17, 15) is 9.59 Å². The third-order valence-electron chi connectivity index (χ3n) is 6.10. The summed E-state index contributed by atoms with van der Waals surface area (Å²) in [6.45, 7) is 10.3. The molecule has 0 aliphatic carbocycles. The van der Waals surface area contributed by atoms with Crippen molar-refractivity contribution in [1.82, 2.24) is 20.0 Å². The fourth-order valence-electron chi connectivity index (χ4n) is 4.23. The van der Waals surface area contributed by atoms with Crippen molar-refractivity contribution in [2.75, 3.05) is 13.1 Å². The predicted octanol–water partition coefficient (Wildman–Crippen LogP) is 3.71. The molecule has 2 amide bonds. The van der Waals surface area contributed by atoms with Crippen molar-refractivity contribution in [3.05, 3.63) is 52.8 Å². The second kappa shape index (κ2) is 9.92. The number of carbonyl (C=O) groups is 2. The first-order valence-corrected chi connectivity index (χ1v) is 11.1. The average Bonchev–Trinajstić information content (AvgIpc) is 3.06. The number of nitrogens with zero attached hydrogens (tertiary/aromatic N) is 3. The predicted molar refractivity (Wildman–Crippen MR) is 118 cm³/mol. The van der Waals surface area contributed by atoms with Crippen LogP contribution in [0, 0.1) is 19.8 Å². The lowest BCUT2D eigenvalue weighted by atomic mass is 9.98. The van der Waals surface area contributed by atoms with Gasteiger partial charge in [-0.05, 0) is 63.3 Å². The lowest BCUT2D eigenvalue weighted by molar-refractivity contribution is -0.136. The van der Waals surface area contributed by atoms with Crippen molar-refractivity contribution in [2.45, 2.75) is 66.0 Å². The van der Waals surface area contributed by atoms with Crippen LogP contribution < -0.4 is 5.32 Å². The quantitative estimate of drug-likeness (QED) is 0.757. The molecule has 0 unspecified atom stereocenters. The van der Waals surface area contributed by atoms with Crippen LogP contribution >= 0.6 is 0 Å². The average molecular weight is 411 g/mol. The number of carbonyl (C=O) groups excluding carboxylic acids is 2. The van der Waals surface area contributed by atoms with E-state index in [1.807, 2.05) is 47.7 Å². The Labute approximate surface area is 179 Å². The molecular formula is C24H34N4O2. The lowest BCUT2D eigenvalue weighted by Crippen LogP contribution is -2.48. The van der Waals surface area contributed by atoms with Gasteiger partial charge in [0.2, 0.25) is 5.91 Å². The van der Waals surface area contributed by atoms with Crippen molar-refractivity contribution in [3.8, 4) is 0 Å². The summed E-state index contributed by atoms with van der Waals surface area (Å²) in [6.07, 6.45) is 3.39. The Morgan fingerprint density at radius 3 is 2.43 bits per heavy atom. The molecule has 6 nitrogen and oxygen atoms in total. The number of piperidine rings is 1. The van der Waals surface area contributed by atoms with Gasteiger partial charge in [-0.3, -0.25) is 14.3 Å². The van der Waals surface area contributed by atoms with Crippen LogP contribution in [0.4, 0.5) is 0 Å². The lowest BCUT2D eigenvalue weighted by Gasteiger charge is -2.34. The second-order valence-electron chi connectivity index (χ2n) is 8.37. The van der Waals surface area contributed by atoms with Crippen LogP contribution in [0.2, 0.25) is 0 Å². The zero-order valence-electron chi connectivity index (χ0n) is 18.6. The van der Waals surface area contributed by atoms with Crippen LogP contribution in [0.5, 0.6) is 0 Å². The van der Waals surface area contributed by atoms with Crippen LogP contribution in [0.25, 0.3) is 0 Å². The van der Waals surface area contributed by atoms with Gasteiger partial charge >= 0.3 is 0 Å². The van der Waals surface area contributed by atoms with E-state index in [0.717, 1.165) is 55.7 Å². The number of amides is 2. The number of hydrogen-bond donors (Lipinski definition) is 1. The molecule has 30 heavy (non-hydrogen) atoms. The van der Waals surface area contributed by atoms with Crippen LogP contribution in [0.3, 0.4) is 0 Å². The summed E-state index contributed by atoms with van der Waals surface area (Å²) in [5.74, 6) is 0.345. The van der Waals surface area contributed by atoms with Crippen LogP contribution in [-0.2, 0) is 11.3 Å². The maximum Gasteiger partial charge on any atom is 0.251 e. The summed E-state index contributed by atoms with van der Waals surface area (Å²) >= 11 is 0. The van der Waals surface area contributed by atoms with Crippen LogP contribution in [0.1, 0.15) is 66.8 Å². The number of benzene rings is 1. The molecule has 2 heterocycles. The minimum absolute atomic E-state index is 0.0463. The summed E-state index contributed by atoms with van der Waals surface area (Å²) in [7, 11) is 0. The fraction of sp³-hybridized carbons (Fsp3) is 0.542. The molecule has 6 heteroatoms. The van der Waals surface area contributed by atoms with E-state index in [2.05, 4.69) is 30.3 Å². The van der Waals surface area contributed by atoms with Gasteiger partial charge in [-0.15, -0.1) is 0 Å². The molecule has 1 aliphatic heterocycles. The summed E-state index contributed by atoms with van der Waals surface area (Å²) in [6, 6.07) is 9.91. The standard InChI is InChI=1S/C24H34N4O2/c1-5-20(6-2)24(30)27-12-10-22(11-13-27)25-23(29)21-9-7-8-19(15-21)16-28-18(4)14-17(3)26-28/h7-9,14-15,20,22H,5-6,10-13,16H2,1-4H3,(H,25,29). The first kappa shape index (κ1) is 22.1. The molecule has 1 N–H and O–H groups in total. The van der Waals surface area contributed by atoms with E-state index in [1.165, 1.54) is 0 Å². The zero-order chi connectivity index (χ0) is 21.7. The molecule has 0 spiro atoms. The molecule has 0 saturated carbocycles. The highest BCUT2D eigenvalue weighted by atomic mass is 16.2.